The Morgan fingerprint density at radius 1 is 1.32 bits per heavy atom. The normalized spacial score (nSPS) is 24.2. The number of aromatic nitrogens is 2. The van der Waals surface area contributed by atoms with E-state index in [9.17, 15) is 0 Å². The van der Waals surface area contributed by atoms with Crippen LogP contribution < -0.4 is 5.32 Å². The maximum atomic E-state index is 4.61. The van der Waals surface area contributed by atoms with Crippen molar-refractivity contribution in [3.8, 4) is 0 Å². The summed E-state index contributed by atoms with van der Waals surface area (Å²) < 4.78 is 2.05. The van der Waals surface area contributed by atoms with Crippen molar-refractivity contribution in [3.05, 3.63) is 30.0 Å². The van der Waals surface area contributed by atoms with E-state index in [2.05, 4.69) is 55.6 Å². The summed E-state index contributed by atoms with van der Waals surface area (Å²) in [7, 11) is 0. The predicted octanol–water partition coefficient (Wildman–Crippen LogP) is 3.68. The van der Waals surface area contributed by atoms with E-state index < -0.39 is 0 Å². The predicted molar refractivity (Wildman–Crippen MR) is 79.3 cm³/mol. The van der Waals surface area contributed by atoms with Gasteiger partial charge in [-0.05, 0) is 56.8 Å². The van der Waals surface area contributed by atoms with Gasteiger partial charge in [-0.25, -0.2) is 0 Å². The molecule has 0 bridgehead atoms. The van der Waals surface area contributed by atoms with Crippen molar-refractivity contribution in [1.29, 1.82) is 0 Å². The van der Waals surface area contributed by atoms with Crippen LogP contribution >= 0.6 is 0 Å². The van der Waals surface area contributed by atoms with Crippen LogP contribution in [0, 0.1) is 5.92 Å². The van der Waals surface area contributed by atoms with Crippen molar-refractivity contribution in [2.24, 2.45) is 5.92 Å². The summed E-state index contributed by atoms with van der Waals surface area (Å²) in [5.74, 6) is 0.809. The zero-order valence-corrected chi connectivity index (χ0v) is 12.1. The van der Waals surface area contributed by atoms with Gasteiger partial charge in [0, 0.05) is 23.7 Å². The molecule has 3 heteroatoms. The Bertz CT molecular complexity index is 562. The SMILES string of the molecule is CC(C)n1cc2cc(C3CC[C@H](C)CN3)ccc2n1. The lowest BCUT2D eigenvalue weighted by Gasteiger charge is -2.28. The molecule has 2 heterocycles. The Kier molecular flexibility index (Phi) is 3.31. The van der Waals surface area contributed by atoms with Crippen molar-refractivity contribution in [1.82, 2.24) is 15.1 Å². The summed E-state index contributed by atoms with van der Waals surface area (Å²) in [6.07, 6.45) is 4.72. The third kappa shape index (κ3) is 2.52. The lowest BCUT2D eigenvalue weighted by molar-refractivity contribution is 0.333. The molecule has 1 aliphatic rings. The second kappa shape index (κ2) is 4.97. The Labute approximate surface area is 115 Å². The van der Waals surface area contributed by atoms with Gasteiger partial charge in [0.1, 0.15) is 0 Å². The van der Waals surface area contributed by atoms with Crippen LogP contribution in [-0.2, 0) is 0 Å². The first-order valence-corrected chi connectivity index (χ1v) is 7.35. The molecule has 0 saturated carbocycles. The molecular formula is C16H23N3. The quantitative estimate of drug-likeness (QED) is 0.889. The Hall–Kier alpha value is -1.35. The van der Waals surface area contributed by atoms with Gasteiger partial charge in [-0.3, -0.25) is 4.68 Å². The number of rotatable bonds is 2. The molecule has 2 atom stereocenters. The summed E-state index contributed by atoms with van der Waals surface area (Å²) in [6, 6.07) is 7.62. The summed E-state index contributed by atoms with van der Waals surface area (Å²) in [5, 5.41) is 9.52. The maximum absolute atomic E-state index is 4.61. The second-order valence-corrected chi connectivity index (χ2v) is 6.16. The lowest BCUT2D eigenvalue weighted by atomic mass is 9.92. The number of piperidine rings is 1. The molecule has 19 heavy (non-hydrogen) atoms. The third-order valence-electron chi connectivity index (χ3n) is 4.14. The van der Waals surface area contributed by atoms with Crippen molar-refractivity contribution < 1.29 is 0 Å². The zero-order chi connectivity index (χ0) is 13.4. The standard InChI is InChI=1S/C16H23N3/c1-11(2)19-10-14-8-13(5-7-16(14)18-19)15-6-4-12(3)9-17-15/h5,7-8,10-12,15,17H,4,6,9H2,1-3H3/t12-,15?/m0/s1. The van der Waals surface area contributed by atoms with Gasteiger partial charge in [-0.15, -0.1) is 0 Å². The highest BCUT2D eigenvalue weighted by Gasteiger charge is 2.19. The van der Waals surface area contributed by atoms with Crippen LogP contribution in [0.1, 0.15) is 51.3 Å². The largest absolute Gasteiger partial charge is 0.310 e. The minimum absolute atomic E-state index is 0.421. The van der Waals surface area contributed by atoms with E-state index in [-0.39, 0.29) is 0 Å². The molecule has 1 aromatic carbocycles. The highest BCUT2D eigenvalue weighted by Crippen LogP contribution is 2.27. The van der Waals surface area contributed by atoms with Crippen molar-refractivity contribution in [2.75, 3.05) is 6.54 Å². The van der Waals surface area contributed by atoms with Crippen LogP contribution in [0.3, 0.4) is 0 Å². The van der Waals surface area contributed by atoms with Crippen LogP contribution in [0.2, 0.25) is 0 Å². The minimum atomic E-state index is 0.421. The molecule has 2 aromatic rings. The highest BCUT2D eigenvalue weighted by molar-refractivity contribution is 5.78. The van der Waals surface area contributed by atoms with Gasteiger partial charge < -0.3 is 5.32 Å². The summed E-state index contributed by atoms with van der Waals surface area (Å²) in [6.45, 7) is 7.78. The Balaban J connectivity index is 1.88. The van der Waals surface area contributed by atoms with Crippen LogP contribution in [0.5, 0.6) is 0 Å². The molecule has 1 fully saturated rings. The number of nitrogens with zero attached hydrogens (tertiary/aromatic N) is 2. The molecule has 1 unspecified atom stereocenters. The van der Waals surface area contributed by atoms with E-state index in [1.165, 1.54) is 23.8 Å². The van der Waals surface area contributed by atoms with E-state index >= 15 is 0 Å². The molecule has 0 amide bonds. The average Bonchev–Trinajstić information content (AvgIpc) is 2.82. The molecular weight excluding hydrogens is 234 g/mol. The van der Waals surface area contributed by atoms with Crippen LogP contribution in [0.4, 0.5) is 0 Å². The number of hydrogen-bond acceptors (Lipinski definition) is 2. The monoisotopic (exact) mass is 257 g/mol. The van der Waals surface area contributed by atoms with Crippen LogP contribution in [0.25, 0.3) is 10.9 Å². The molecule has 0 spiro atoms. The number of fused-ring (bicyclic) bond motifs is 1. The molecule has 1 N–H and O–H groups in total. The number of benzene rings is 1. The van der Waals surface area contributed by atoms with Gasteiger partial charge in [0.2, 0.25) is 0 Å². The first-order valence-electron chi connectivity index (χ1n) is 7.35. The van der Waals surface area contributed by atoms with E-state index in [0.29, 0.717) is 12.1 Å². The van der Waals surface area contributed by atoms with Crippen molar-refractivity contribution >= 4 is 10.9 Å². The number of hydrogen-bond donors (Lipinski definition) is 1. The van der Waals surface area contributed by atoms with E-state index in [0.717, 1.165) is 18.0 Å². The van der Waals surface area contributed by atoms with Gasteiger partial charge in [-0.1, -0.05) is 13.0 Å². The van der Waals surface area contributed by atoms with E-state index in [4.69, 9.17) is 0 Å². The van der Waals surface area contributed by atoms with Crippen LogP contribution in [-0.4, -0.2) is 16.3 Å². The highest BCUT2D eigenvalue weighted by atomic mass is 15.3. The fourth-order valence-electron chi connectivity index (χ4n) is 2.83. The molecule has 0 radical (unpaired) electrons. The minimum Gasteiger partial charge on any atom is -0.310 e. The topological polar surface area (TPSA) is 29.9 Å². The van der Waals surface area contributed by atoms with Gasteiger partial charge in [0.15, 0.2) is 0 Å². The molecule has 1 aliphatic heterocycles. The fraction of sp³-hybridized carbons (Fsp3) is 0.562. The summed E-state index contributed by atoms with van der Waals surface area (Å²) in [4.78, 5) is 0. The Morgan fingerprint density at radius 3 is 2.84 bits per heavy atom. The summed E-state index contributed by atoms with van der Waals surface area (Å²) >= 11 is 0. The van der Waals surface area contributed by atoms with Gasteiger partial charge in [0.25, 0.3) is 0 Å². The Morgan fingerprint density at radius 2 is 2.16 bits per heavy atom. The lowest BCUT2D eigenvalue weighted by Crippen LogP contribution is -2.31. The fourth-order valence-corrected chi connectivity index (χ4v) is 2.83. The molecule has 102 valence electrons. The molecule has 0 aliphatic carbocycles. The molecule has 3 rings (SSSR count). The van der Waals surface area contributed by atoms with E-state index in [1.807, 2.05) is 4.68 Å². The first kappa shape index (κ1) is 12.7. The van der Waals surface area contributed by atoms with Gasteiger partial charge >= 0.3 is 0 Å². The van der Waals surface area contributed by atoms with Gasteiger partial charge in [-0.2, -0.15) is 5.10 Å². The molecule has 1 aromatic heterocycles. The third-order valence-corrected chi connectivity index (χ3v) is 4.14. The summed E-state index contributed by atoms with van der Waals surface area (Å²) in [5.41, 5.74) is 2.50. The zero-order valence-electron chi connectivity index (χ0n) is 12.1. The molecule has 1 saturated heterocycles. The smallest absolute Gasteiger partial charge is 0.0923 e. The van der Waals surface area contributed by atoms with E-state index in [1.54, 1.807) is 0 Å². The van der Waals surface area contributed by atoms with Crippen molar-refractivity contribution in [2.45, 2.75) is 45.7 Å². The first-order chi connectivity index (χ1) is 9.13. The van der Waals surface area contributed by atoms with Crippen LogP contribution in [0.15, 0.2) is 24.4 Å². The van der Waals surface area contributed by atoms with Gasteiger partial charge in [0.05, 0.1) is 5.52 Å². The number of nitrogens with one attached hydrogen (secondary N) is 1. The average molecular weight is 257 g/mol. The second-order valence-electron chi connectivity index (χ2n) is 6.16. The maximum Gasteiger partial charge on any atom is 0.0923 e. The molecule has 3 nitrogen and oxygen atoms in total. The van der Waals surface area contributed by atoms with Crippen molar-refractivity contribution in [3.63, 3.8) is 0 Å².